The van der Waals surface area contributed by atoms with Gasteiger partial charge in [0.2, 0.25) is 10.0 Å². The number of benzene rings is 1. The van der Waals surface area contributed by atoms with Crippen LogP contribution in [0.1, 0.15) is 36.0 Å². The topological polar surface area (TPSA) is 105 Å². The molecule has 0 aromatic heterocycles. The number of amides is 1. The summed E-state index contributed by atoms with van der Waals surface area (Å²) in [5.74, 6) is -0.279. The molecule has 138 valence electrons. The van der Waals surface area contributed by atoms with Crippen molar-refractivity contribution in [2.45, 2.75) is 36.6 Å². The van der Waals surface area contributed by atoms with Crippen molar-refractivity contribution in [1.29, 1.82) is 0 Å². The number of aliphatic hydroxyl groups excluding tert-OH is 1. The smallest absolute Gasteiger partial charge is 0.251 e. The van der Waals surface area contributed by atoms with E-state index >= 15 is 0 Å². The van der Waals surface area contributed by atoms with Gasteiger partial charge in [0.25, 0.3) is 5.91 Å². The number of aliphatic hydroxyl groups is 1. The molecule has 0 spiro atoms. The van der Waals surface area contributed by atoms with E-state index in [0.29, 0.717) is 38.2 Å². The van der Waals surface area contributed by atoms with Gasteiger partial charge in [-0.25, -0.2) is 13.1 Å². The number of nitrogens with one attached hydrogen (secondary N) is 2. The molecule has 0 unspecified atom stereocenters. The molecule has 1 aliphatic carbocycles. The van der Waals surface area contributed by atoms with Crippen LogP contribution in [-0.4, -0.2) is 51.8 Å². The van der Waals surface area contributed by atoms with Crippen LogP contribution in [0.3, 0.4) is 0 Å². The van der Waals surface area contributed by atoms with E-state index in [2.05, 4.69) is 10.0 Å². The molecular weight excluding hydrogens is 344 g/mol. The van der Waals surface area contributed by atoms with E-state index < -0.39 is 10.0 Å². The maximum atomic E-state index is 12.3. The lowest BCUT2D eigenvalue weighted by atomic mass is 9.81. The Labute approximate surface area is 147 Å². The molecule has 1 saturated carbocycles. The summed E-state index contributed by atoms with van der Waals surface area (Å²) in [6.07, 6.45) is 3.15. The Morgan fingerprint density at radius 2 is 1.84 bits per heavy atom. The Hall–Kier alpha value is -1.48. The van der Waals surface area contributed by atoms with E-state index in [-0.39, 0.29) is 28.9 Å². The SMILES string of the molecule is O=C(NCC1(CO)CCOCC1)c1ccc(S(=O)(=O)NC2CC2)cc1. The van der Waals surface area contributed by atoms with Crippen molar-refractivity contribution in [3.63, 3.8) is 0 Å². The minimum absolute atomic E-state index is 0.000652. The lowest BCUT2D eigenvalue weighted by Gasteiger charge is -2.35. The lowest BCUT2D eigenvalue weighted by molar-refractivity contribution is -0.0146. The van der Waals surface area contributed by atoms with E-state index in [0.717, 1.165) is 12.8 Å². The molecule has 1 saturated heterocycles. The molecule has 0 bridgehead atoms. The van der Waals surface area contributed by atoms with Gasteiger partial charge in [-0.1, -0.05) is 0 Å². The van der Waals surface area contributed by atoms with Gasteiger partial charge in [-0.2, -0.15) is 0 Å². The van der Waals surface area contributed by atoms with Crippen molar-refractivity contribution in [3.8, 4) is 0 Å². The fourth-order valence-corrected chi connectivity index (χ4v) is 4.14. The highest BCUT2D eigenvalue weighted by molar-refractivity contribution is 7.89. The highest BCUT2D eigenvalue weighted by Gasteiger charge is 2.32. The summed E-state index contributed by atoms with van der Waals surface area (Å²) in [4.78, 5) is 12.5. The maximum absolute atomic E-state index is 12.3. The predicted molar refractivity (Wildman–Crippen MR) is 91.7 cm³/mol. The van der Waals surface area contributed by atoms with Gasteiger partial charge in [0.15, 0.2) is 0 Å². The lowest BCUT2D eigenvalue weighted by Crippen LogP contribution is -2.43. The van der Waals surface area contributed by atoms with Crippen molar-refractivity contribution in [2.24, 2.45) is 5.41 Å². The van der Waals surface area contributed by atoms with E-state index in [4.69, 9.17) is 4.74 Å². The van der Waals surface area contributed by atoms with Crippen molar-refractivity contribution < 1.29 is 23.1 Å². The number of carbonyl (C=O) groups excluding carboxylic acids is 1. The number of hydrogen-bond donors (Lipinski definition) is 3. The maximum Gasteiger partial charge on any atom is 0.251 e. The second-order valence-corrected chi connectivity index (χ2v) is 8.59. The van der Waals surface area contributed by atoms with E-state index in [9.17, 15) is 18.3 Å². The minimum Gasteiger partial charge on any atom is -0.396 e. The highest BCUT2D eigenvalue weighted by Crippen LogP contribution is 2.29. The molecular formula is C17H24N2O5S. The third kappa shape index (κ3) is 4.58. The van der Waals surface area contributed by atoms with Crippen LogP contribution in [0, 0.1) is 5.41 Å². The van der Waals surface area contributed by atoms with Crippen molar-refractivity contribution in [3.05, 3.63) is 29.8 Å². The Bertz CT molecular complexity index is 707. The largest absolute Gasteiger partial charge is 0.396 e. The molecule has 8 heteroatoms. The summed E-state index contributed by atoms with van der Waals surface area (Å²) < 4.78 is 32.2. The van der Waals surface area contributed by atoms with Gasteiger partial charge in [0.05, 0.1) is 11.5 Å². The Balaban J connectivity index is 1.60. The van der Waals surface area contributed by atoms with Crippen LogP contribution in [0.25, 0.3) is 0 Å². The third-order valence-corrected chi connectivity index (χ3v) is 6.38. The zero-order chi connectivity index (χ0) is 17.9. The average molecular weight is 368 g/mol. The number of sulfonamides is 1. The monoisotopic (exact) mass is 368 g/mol. The Morgan fingerprint density at radius 3 is 2.40 bits per heavy atom. The van der Waals surface area contributed by atoms with Crippen LogP contribution in [0.5, 0.6) is 0 Å². The second kappa shape index (κ2) is 7.41. The number of carbonyl (C=O) groups is 1. The van der Waals surface area contributed by atoms with E-state index in [1.54, 1.807) is 0 Å². The van der Waals surface area contributed by atoms with Gasteiger partial charge in [0, 0.05) is 36.8 Å². The summed E-state index contributed by atoms with van der Waals surface area (Å²) in [6, 6.07) is 5.94. The molecule has 7 nitrogen and oxygen atoms in total. The van der Waals surface area contributed by atoms with Gasteiger partial charge < -0.3 is 15.2 Å². The quantitative estimate of drug-likeness (QED) is 0.655. The summed E-state index contributed by atoms with van der Waals surface area (Å²) in [5.41, 5.74) is 0.0521. The molecule has 1 aliphatic heterocycles. The Morgan fingerprint density at radius 1 is 1.20 bits per heavy atom. The summed E-state index contributed by atoms with van der Waals surface area (Å²) in [7, 11) is -3.51. The first kappa shape index (κ1) is 18.3. The van der Waals surface area contributed by atoms with Crippen LogP contribution in [0.15, 0.2) is 29.2 Å². The summed E-state index contributed by atoms with van der Waals surface area (Å²) in [5, 5.41) is 12.5. The van der Waals surface area contributed by atoms with Crippen LogP contribution in [-0.2, 0) is 14.8 Å². The van der Waals surface area contributed by atoms with Crippen molar-refractivity contribution >= 4 is 15.9 Å². The first-order valence-electron chi connectivity index (χ1n) is 8.53. The van der Waals surface area contributed by atoms with Crippen molar-refractivity contribution in [1.82, 2.24) is 10.0 Å². The molecule has 25 heavy (non-hydrogen) atoms. The van der Waals surface area contributed by atoms with E-state index in [1.165, 1.54) is 24.3 Å². The van der Waals surface area contributed by atoms with Crippen LogP contribution in [0.4, 0.5) is 0 Å². The molecule has 0 radical (unpaired) electrons. The molecule has 1 amide bonds. The zero-order valence-corrected chi connectivity index (χ0v) is 14.8. The zero-order valence-electron chi connectivity index (χ0n) is 14.0. The fourth-order valence-electron chi connectivity index (χ4n) is 2.84. The molecule has 3 N–H and O–H groups in total. The fraction of sp³-hybridized carbons (Fsp3) is 0.588. The van der Waals surface area contributed by atoms with Crippen LogP contribution < -0.4 is 10.0 Å². The highest BCUT2D eigenvalue weighted by atomic mass is 32.2. The molecule has 0 atom stereocenters. The van der Waals surface area contributed by atoms with Gasteiger partial charge in [-0.05, 0) is 49.9 Å². The van der Waals surface area contributed by atoms with Gasteiger partial charge in [0.1, 0.15) is 0 Å². The molecule has 2 aliphatic rings. The van der Waals surface area contributed by atoms with Gasteiger partial charge in [-0.3, -0.25) is 4.79 Å². The summed E-state index contributed by atoms with van der Waals surface area (Å²) >= 11 is 0. The minimum atomic E-state index is -3.51. The number of rotatable bonds is 7. The summed E-state index contributed by atoms with van der Waals surface area (Å²) in [6.45, 7) is 1.53. The third-order valence-electron chi connectivity index (χ3n) is 4.84. The molecule has 1 aromatic rings. The first-order valence-corrected chi connectivity index (χ1v) is 10.0. The standard InChI is InChI=1S/C17H24N2O5S/c20-12-17(7-9-24-10-8-17)11-18-16(21)13-1-5-15(6-2-13)25(22,23)19-14-3-4-14/h1-2,5-6,14,19-20H,3-4,7-12H2,(H,18,21). The molecule has 1 aromatic carbocycles. The molecule has 2 fully saturated rings. The number of hydrogen-bond acceptors (Lipinski definition) is 5. The van der Waals surface area contributed by atoms with Crippen LogP contribution in [0.2, 0.25) is 0 Å². The average Bonchev–Trinajstić information content (AvgIpc) is 3.44. The normalized spacial score (nSPS) is 20.2. The van der Waals surface area contributed by atoms with Gasteiger partial charge in [-0.15, -0.1) is 0 Å². The predicted octanol–water partition coefficient (Wildman–Crippen LogP) is 0.646. The van der Waals surface area contributed by atoms with Crippen molar-refractivity contribution in [2.75, 3.05) is 26.4 Å². The van der Waals surface area contributed by atoms with E-state index in [1.807, 2.05) is 0 Å². The number of ether oxygens (including phenoxy) is 1. The second-order valence-electron chi connectivity index (χ2n) is 6.87. The van der Waals surface area contributed by atoms with Crippen LogP contribution >= 0.6 is 0 Å². The Kier molecular flexibility index (Phi) is 5.43. The first-order chi connectivity index (χ1) is 11.9. The molecule has 3 rings (SSSR count). The van der Waals surface area contributed by atoms with Gasteiger partial charge >= 0.3 is 0 Å². The molecule has 1 heterocycles.